The molecule has 1 unspecified atom stereocenters. The van der Waals surface area contributed by atoms with Gasteiger partial charge in [-0.25, -0.2) is 4.79 Å². The average Bonchev–Trinajstić information content (AvgIpc) is 3.07. The molecule has 0 aliphatic carbocycles. The van der Waals surface area contributed by atoms with Gasteiger partial charge in [-0.3, -0.25) is 9.69 Å². The Labute approximate surface area is 147 Å². The molecule has 0 saturated carbocycles. The van der Waals surface area contributed by atoms with E-state index in [2.05, 4.69) is 31.4 Å². The molecule has 0 spiro atoms. The molecule has 1 aromatic carbocycles. The summed E-state index contributed by atoms with van der Waals surface area (Å²) in [7, 11) is 0. The number of carbonyl (C=O) groups is 2. The third kappa shape index (κ3) is 2.82. The molecule has 8 heteroatoms. The first-order chi connectivity index (χ1) is 11.5. The van der Waals surface area contributed by atoms with E-state index in [9.17, 15) is 9.59 Å². The summed E-state index contributed by atoms with van der Waals surface area (Å²) in [5.74, 6) is 0.479. The van der Waals surface area contributed by atoms with Crippen LogP contribution in [0.3, 0.4) is 0 Å². The number of amides is 3. The molecule has 126 valence electrons. The van der Waals surface area contributed by atoms with Crippen LogP contribution in [0.15, 0.2) is 33.3 Å². The highest BCUT2D eigenvalue weighted by Crippen LogP contribution is 2.33. The van der Waals surface area contributed by atoms with Gasteiger partial charge in [0.15, 0.2) is 5.82 Å². The maximum atomic E-state index is 12.9. The molecule has 1 atom stereocenters. The number of aromatic nitrogens is 2. The molecule has 1 aliphatic rings. The smallest absolute Gasteiger partial charge is 0.325 e. The maximum absolute atomic E-state index is 12.9. The lowest BCUT2D eigenvalue weighted by molar-refractivity contribution is -0.131. The van der Waals surface area contributed by atoms with E-state index in [-0.39, 0.29) is 12.5 Å². The van der Waals surface area contributed by atoms with Crippen LogP contribution in [0.25, 0.3) is 0 Å². The largest absolute Gasteiger partial charge is 0.339 e. The van der Waals surface area contributed by atoms with Crippen LogP contribution in [0.5, 0.6) is 0 Å². The molecule has 7 nitrogen and oxygen atoms in total. The number of benzene rings is 1. The second-order valence-corrected chi connectivity index (χ2v) is 6.63. The van der Waals surface area contributed by atoms with E-state index in [1.54, 1.807) is 13.0 Å². The lowest BCUT2D eigenvalue weighted by Crippen LogP contribution is -2.41. The first-order valence-electron chi connectivity index (χ1n) is 7.66. The maximum Gasteiger partial charge on any atom is 0.325 e. The van der Waals surface area contributed by atoms with Crippen LogP contribution in [-0.4, -0.2) is 27.0 Å². The van der Waals surface area contributed by atoms with Crippen molar-refractivity contribution in [2.75, 3.05) is 0 Å². The van der Waals surface area contributed by atoms with Crippen molar-refractivity contribution in [2.45, 2.75) is 38.8 Å². The zero-order valence-corrected chi connectivity index (χ0v) is 15.0. The van der Waals surface area contributed by atoms with E-state index in [0.717, 1.165) is 15.8 Å². The molecule has 3 amide bonds. The number of imide groups is 1. The predicted octanol–water partition coefficient (Wildman–Crippen LogP) is 2.75. The van der Waals surface area contributed by atoms with Gasteiger partial charge in [-0.2, -0.15) is 4.98 Å². The fraction of sp³-hybridized carbons (Fsp3) is 0.375. The van der Waals surface area contributed by atoms with E-state index in [0.29, 0.717) is 23.7 Å². The highest BCUT2D eigenvalue weighted by atomic mass is 79.9. The minimum Gasteiger partial charge on any atom is -0.339 e. The molecule has 3 rings (SSSR count). The van der Waals surface area contributed by atoms with E-state index in [4.69, 9.17) is 4.52 Å². The molecule has 1 saturated heterocycles. The number of rotatable bonds is 5. The van der Waals surface area contributed by atoms with Gasteiger partial charge in [0.25, 0.3) is 5.91 Å². The summed E-state index contributed by atoms with van der Waals surface area (Å²) in [6.45, 7) is 3.68. The number of aryl methyl sites for hydroxylation is 1. The monoisotopic (exact) mass is 392 g/mol. The van der Waals surface area contributed by atoms with E-state index in [1.165, 1.54) is 0 Å². The van der Waals surface area contributed by atoms with Crippen LogP contribution >= 0.6 is 15.9 Å². The Morgan fingerprint density at radius 3 is 2.79 bits per heavy atom. The molecule has 24 heavy (non-hydrogen) atoms. The van der Waals surface area contributed by atoms with Crippen LogP contribution < -0.4 is 5.32 Å². The second kappa shape index (κ2) is 6.35. The zero-order valence-electron chi connectivity index (χ0n) is 13.4. The Morgan fingerprint density at radius 1 is 1.33 bits per heavy atom. The minimum absolute atomic E-state index is 0.0159. The highest BCUT2D eigenvalue weighted by Gasteiger charge is 2.50. The first kappa shape index (κ1) is 16.6. The summed E-state index contributed by atoms with van der Waals surface area (Å²) >= 11 is 3.43. The molecular weight excluding hydrogens is 376 g/mol. The van der Waals surface area contributed by atoms with Crippen LogP contribution in [0, 0.1) is 0 Å². The molecule has 1 aliphatic heterocycles. The predicted molar refractivity (Wildman–Crippen MR) is 88.9 cm³/mol. The van der Waals surface area contributed by atoms with Crippen molar-refractivity contribution in [3.8, 4) is 0 Å². The van der Waals surface area contributed by atoms with E-state index >= 15 is 0 Å². The molecule has 2 heterocycles. The summed E-state index contributed by atoms with van der Waals surface area (Å²) in [6.07, 6.45) is 1.55. The van der Waals surface area contributed by atoms with Gasteiger partial charge in [-0.1, -0.05) is 46.2 Å². The minimum atomic E-state index is -1.13. The first-order valence-corrected chi connectivity index (χ1v) is 8.45. The van der Waals surface area contributed by atoms with Gasteiger partial charge in [0, 0.05) is 16.5 Å². The van der Waals surface area contributed by atoms with Crippen molar-refractivity contribution < 1.29 is 14.1 Å². The number of halogens is 1. The number of nitrogens with zero attached hydrogens (tertiary/aromatic N) is 3. The molecular formula is C16H17BrN4O3. The second-order valence-electron chi connectivity index (χ2n) is 5.78. The van der Waals surface area contributed by atoms with Gasteiger partial charge in [0.1, 0.15) is 5.54 Å². The molecule has 1 aromatic heterocycles. The average molecular weight is 393 g/mol. The van der Waals surface area contributed by atoms with Gasteiger partial charge in [0.05, 0.1) is 6.54 Å². The van der Waals surface area contributed by atoms with Crippen LogP contribution in [0.1, 0.15) is 37.5 Å². The topological polar surface area (TPSA) is 88.3 Å². The fourth-order valence-corrected chi connectivity index (χ4v) is 3.38. The lowest BCUT2D eigenvalue weighted by Gasteiger charge is -2.23. The summed E-state index contributed by atoms with van der Waals surface area (Å²) in [5.41, 5.74) is -0.432. The zero-order chi connectivity index (χ0) is 17.3. The summed E-state index contributed by atoms with van der Waals surface area (Å²) in [5, 5.41) is 6.60. The van der Waals surface area contributed by atoms with Crippen LogP contribution in [0.4, 0.5) is 4.79 Å². The Balaban J connectivity index is 1.85. The van der Waals surface area contributed by atoms with Gasteiger partial charge < -0.3 is 9.84 Å². The third-order valence-corrected chi connectivity index (χ3v) is 4.65. The van der Waals surface area contributed by atoms with Crippen molar-refractivity contribution in [2.24, 2.45) is 0 Å². The lowest BCUT2D eigenvalue weighted by atomic mass is 9.92. The van der Waals surface area contributed by atoms with E-state index < -0.39 is 11.6 Å². The van der Waals surface area contributed by atoms with Gasteiger partial charge in [-0.05, 0) is 19.4 Å². The molecule has 0 bridgehead atoms. The van der Waals surface area contributed by atoms with Crippen molar-refractivity contribution in [3.63, 3.8) is 0 Å². The van der Waals surface area contributed by atoms with Crippen molar-refractivity contribution in [1.29, 1.82) is 0 Å². The number of hydrogen-bond acceptors (Lipinski definition) is 5. The summed E-state index contributed by atoms with van der Waals surface area (Å²) in [6, 6.07) is 6.84. The van der Waals surface area contributed by atoms with Gasteiger partial charge >= 0.3 is 6.03 Å². The standard InChI is InChI=1S/C16H17BrN4O3/c1-3-6-13-18-12(20-24-13)9-21-14(22)16(2,19-15(21)23)10-7-4-5-8-11(10)17/h4-5,7-8H,3,6,9H2,1-2H3,(H,19,23). The number of carbonyl (C=O) groups excluding carboxylic acids is 2. The molecule has 1 fully saturated rings. The van der Waals surface area contributed by atoms with Crippen molar-refractivity contribution in [3.05, 3.63) is 46.0 Å². The highest BCUT2D eigenvalue weighted by molar-refractivity contribution is 9.10. The van der Waals surface area contributed by atoms with Crippen LogP contribution in [-0.2, 0) is 23.3 Å². The summed E-state index contributed by atoms with van der Waals surface area (Å²) in [4.78, 5) is 30.5. The molecule has 2 aromatic rings. The Kier molecular flexibility index (Phi) is 4.40. The third-order valence-electron chi connectivity index (χ3n) is 3.96. The molecule has 1 N–H and O–H groups in total. The van der Waals surface area contributed by atoms with Crippen LogP contribution in [0.2, 0.25) is 0 Å². The fourth-order valence-electron chi connectivity index (χ4n) is 2.70. The SMILES string of the molecule is CCCc1nc(CN2C(=O)NC(C)(c3ccccc3Br)C2=O)no1. The van der Waals surface area contributed by atoms with Crippen molar-refractivity contribution >= 4 is 27.9 Å². The quantitative estimate of drug-likeness (QED) is 0.790. The molecule has 0 radical (unpaired) electrons. The van der Waals surface area contributed by atoms with E-state index in [1.807, 2.05) is 25.1 Å². The Hall–Kier alpha value is -2.22. The summed E-state index contributed by atoms with van der Waals surface area (Å²) < 4.78 is 5.86. The number of hydrogen-bond donors (Lipinski definition) is 1. The van der Waals surface area contributed by atoms with Crippen molar-refractivity contribution in [1.82, 2.24) is 20.4 Å². The normalized spacial score (nSPS) is 20.5. The number of nitrogens with one attached hydrogen (secondary N) is 1. The number of urea groups is 1. The Morgan fingerprint density at radius 2 is 2.08 bits per heavy atom. The van der Waals surface area contributed by atoms with Gasteiger partial charge in [0.2, 0.25) is 5.89 Å². The van der Waals surface area contributed by atoms with Gasteiger partial charge in [-0.15, -0.1) is 0 Å². The Bertz CT molecular complexity index is 791.